The molecule has 0 radical (unpaired) electrons. The van der Waals surface area contributed by atoms with E-state index in [2.05, 4.69) is 20.1 Å². The maximum absolute atomic E-state index is 13.2. The van der Waals surface area contributed by atoms with Crippen LogP contribution in [0.2, 0.25) is 0 Å². The Hall–Kier alpha value is -3.32. The second-order valence-corrected chi connectivity index (χ2v) is 8.05. The van der Waals surface area contributed by atoms with E-state index in [0.29, 0.717) is 30.4 Å². The van der Waals surface area contributed by atoms with E-state index in [1.54, 1.807) is 36.1 Å². The van der Waals surface area contributed by atoms with Gasteiger partial charge < -0.3 is 25.4 Å². The van der Waals surface area contributed by atoms with Crippen molar-refractivity contribution in [1.82, 2.24) is 20.1 Å². The monoisotopic (exact) mass is 411 g/mol. The summed E-state index contributed by atoms with van der Waals surface area (Å²) in [5.74, 6) is 1.67. The number of hydrogen-bond donors (Lipinski definition) is 3. The number of rotatable bonds is 5. The molecule has 2 saturated heterocycles. The van der Waals surface area contributed by atoms with Crippen molar-refractivity contribution in [3.8, 4) is 11.8 Å². The minimum absolute atomic E-state index is 0.223. The summed E-state index contributed by atoms with van der Waals surface area (Å²) in [7, 11) is 0. The standard InChI is InChI=1S/C20H25N7O3/c1-12(28)17(30-16-4-2-13(7-21)3-5-16)18(29)26-8-14-6-15(9-26)11-27(10-14)20-23-19(22)24-25-20/h2-5,12,14-15,17,28H,6,8-11H2,1H3,(H3,22,23,24,25). The summed E-state index contributed by atoms with van der Waals surface area (Å²) >= 11 is 0. The Morgan fingerprint density at radius 3 is 2.50 bits per heavy atom. The van der Waals surface area contributed by atoms with Crippen molar-refractivity contribution in [1.29, 1.82) is 5.26 Å². The summed E-state index contributed by atoms with van der Waals surface area (Å²) in [6.45, 7) is 4.21. The molecule has 4 atom stereocenters. The van der Waals surface area contributed by atoms with Gasteiger partial charge in [-0.15, -0.1) is 5.10 Å². The maximum Gasteiger partial charge on any atom is 0.266 e. The third-order valence-corrected chi connectivity index (χ3v) is 5.59. The highest BCUT2D eigenvalue weighted by Gasteiger charge is 2.40. The normalized spacial score (nSPS) is 22.8. The molecule has 4 N–H and O–H groups in total. The second-order valence-electron chi connectivity index (χ2n) is 8.05. The van der Waals surface area contributed by atoms with Gasteiger partial charge in [-0.05, 0) is 49.4 Å². The molecule has 30 heavy (non-hydrogen) atoms. The highest BCUT2D eigenvalue weighted by atomic mass is 16.5. The Labute approximate surface area is 174 Å². The predicted molar refractivity (Wildman–Crippen MR) is 108 cm³/mol. The van der Waals surface area contributed by atoms with Crippen LogP contribution in [0.1, 0.15) is 18.9 Å². The molecule has 2 fully saturated rings. The summed E-state index contributed by atoms with van der Waals surface area (Å²) in [5.41, 5.74) is 6.15. The lowest BCUT2D eigenvalue weighted by atomic mass is 9.84. The summed E-state index contributed by atoms with van der Waals surface area (Å²) in [6.07, 6.45) is -0.931. The minimum atomic E-state index is -0.999. The van der Waals surface area contributed by atoms with Gasteiger partial charge in [0.05, 0.1) is 17.7 Å². The lowest BCUT2D eigenvalue weighted by molar-refractivity contribution is -0.146. The summed E-state index contributed by atoms with van der Waals surface area (Å²) in [4.78, 5) is 21.3. The number of aliphatic hydroxyl groups is 1. The summed E-state index contributed by atoms with van der Waals surface area (Å²) in [5, 5.41) is 25.9. The number of ether oxygens (including phenoxy) is 1. The van der Waals surface area contributed by atoms with E-state index >= 15 is 0 Å². The number of likely N-dealkylation sites (tertiary alicyclic amines) is 1. The molecule has 10 nitrogen and oxygen atoms in total. The fourth-order valence-corrected chi connectivity index (χ4v) is 4.32. The Balaban J connectivity index is 1.43. The van der Waals surface area contributed by atoms with Crippen molar-refractivity contribution in [2.24, 2.45) is 11.8 Å². The number of carbonyl (C=O) groups excluding carboxylic acids is 1. The number of amides is 1. The number of carbonyl (C=O) groups is 1. The average molecular weight is 411 g/mol. The Morgan fingerprint density at radius 2 is 1.97 bits per heavy atom. The number of piperidine rings is 2. The summed E-state index contributed by atoms with van der Waals surface area (Å²) < 4.78 is 5.81. The molecule has 3 heterocycles. The van der Waals surface area contributed by atoms with Gasteiger partial charge in [-0.2, -0.15) is 10.2 Å². The number of aliphatic hydroxyl groups excluding tert-OH is 1. The third-order valence-electron chi connectivity index (χ3n) is 5.59. The number of anilines is 2. The Bertz CT molecular complexity index is 923. The molecule has 2 bridgehead atoms. The van der Waals surface area contributed by atoms with E-state index in [9.17, 15) is 9.90 Å². The number of nitrogens with one attached hydrogen (secondary N) is 1. The average Bonchev–Trinajstić information content (AvgIpc) is 3.17. The molecular weight excluding hydrogens is 386 g/mol. The highest BCUT2D eigenvalue weighted by Crippen LogP contribution is 2.31. The van der Waals surface area contributed by atoms with Crippen LogP contribution >= 0.6 is 0 Å². The van der Waals surface area contributed by atoms with E-state index < -0.39 is 12.2 Å². The molecule has 0 saturated carbocycles. The number of nitrogens with two attached hydrogens (primary N) is 1. The lowest BCUT2D eigenvalue weighted by Crippen LogP contribution is -2.57. The third kappa shape index (κ3) is 4.16. The molecule has 0 spiro atoms. The van der Waals surface area contributed by atoms with Gasteiger partial charge in [0.15, 0.2) is 0 Å². The van der Waals surface area contributed by atoms with Crippen molar-refractivity contribution in [2.75, 3.05) is 36.8 Å². The van der Waals surface area contributed by atoms with E-state index in [1.165, 1.54) is 0 Å². The summed E-state index contributed by atoms with van der Waals surface area (Å²) in [6, 6.07) is 8.54. The van der Waals surface area contributed by atoms with E-state index in [-0.39, 0.29) is 23.7 Å². The number of aromatic amines is 1. The molecule has 4 unspecified atom stereocenters. The maximum atomic E-state index is 13.2. The fourth-order valence-electron chi connectivity index (χ4n) is 4.32. The van der Waals surface area contributed by atoms with Gasteiger partial charge in [-0.1, -0.05) is 0 Å². The van der Waals surface area contributed by atoms with Crippen LogP contribution in [0.3, 0.4) is 0 Å². The van der Waals surface area contributed by atoms with Crippen molar-refractivity contribution >= 4 is 17.8 Å². The largest absolute Gasteiger partial charge is 0.478 e. The number of nitrogen functional groups attached to an aromatic ring is 1. The molecule has 2 aliphatic rings. The highest BCUT2D eigenvalue weighted by molar-refractivity contribution is 5.82. The van der Waals surface area contributed by atoms with Gasteiger partial charge >= 0.3 is 0 Å². The van der Waals surface area contributed by atoms with Crippen LogP contribution in [0, 0.1) is 23.2 Å². The number of aromatic nitrogens is 3. The van der Waals surface area contributed by atoms with Crippen LogP contribution in [0.5, 0.6) is 5.75 Å². The predicted octanol–water partition coefficient (Wildman–Crippen LogP) is 0.372. The second kappa shape index (κ2) is 8.20. The zero-order valence-electron chi connectivity index (χ0n) is 16.7. The molecule has 2 aromatic rings. The van der Waals surface area contributed by atoms with Gasteiger partial charge in [-0.3, -0.25) is 4.79 Å². The number of hydrogen-bond acceptors (Lipinski definition) is 8. The Morgan fingerprint density at radius 1 is 1.30 bits per heavy atom. The van der Waals surface area contributed by atoms with Crippen LogP contribution in [-0.4, -0.2) is 69.5 Å². The molecule has 2 aliphatic heterocycles. The molecular formula is C20H25N7O3. The van der Waals surface area contributed by atoms with Crippen molar-refractivity contribution < 1.29 is 14.6 Å². The zero-order chi connectivity index (χ0) is 21.3. The number of nitriles is 1. The number of fused-ring (bicyclic) bond motifs is 2. The van der Waals surface area contributed by atoms with E-state index in [1.807, 2.05) is 6.07 Å². The van der Waals surface area contributed by atoms with Crippen LogP contribution < -0.4 is 15.4 Å². The van der Waals surface area contributed by atoms with Crippen LogP contribution in [0.15, 0.2) is 24.3 Å². The number of nitrogens with zero attached hydrogens (tertiary/aromatic N) is 5. The lowest BCUT2D eigenvalue weighted by Gasteiger charge is -2.46. The van der Waals surface area contributed by atoms with E-state index in [4.69, 9.17) is 15.7 Å². The quantitative estimate of drug-likeness (QED) is 0.640. The molecule has 0 aliphatic carbocycles. The molecule has 10 heteroatoms. The molecule has 1 amide bonds. The van der Waals surface area contributed by atoms with Gasteiger partial charge in [0.2, 0.25) is 18.0 Å². The molecule has 4 rings (SSSR count). The first kappa shape index (κ1) is 20.0. The first-order chi connectivity index (χ1) is 14.4. The number of H-pyrrole nitrogens is 1. The van der Waals surface area contributed by atoms with Gasteiger partial charge in [0.25, 0.3) is 5.91 Å². The minimum Gasteiger partial charge on any atom is -0.478 e. The SMILES string of the molecule is CC(O)C(Oc1ccc(C#N)cc1)C(=O)N1CC2CC(C1)CN(c1n[nH]c(N)n1)C2. The van der Waals surface area contributed by atoms with Crippen LogP contribution in [0.25, 0.3) is 0 Å². The van der Waals surface area contributed by atoms with Crippen LogP contribution in [-0.2, 0) is 4.79 Å². The molecule has 1 aromatic carbocycles. The topological polar surface area (TPSA) is 144 Å². The smallest absolute Gasteiger partial charge is 0.266 e. The molecule has 1 aromatic heterocycles. The van der Waals surface area contributed by atoms with Crippen LogP contribution in [0.4, 0.5) is 11.9 Å². The fraction of sp³-hybridized carbons (Fsp3) is 0.500. The Kier molecular flexibility index (Phi) is 5.46. The van der Waals surface area contributed by atoms with Gasteiger partial charge in [-0.25, -0.2) is 5.10 Å². The van der Waals surface area contributed by atoms with Gasteiger partial charge in [0, 0.05) is 26.2 Å². The zero-order valence-corrected chi connectivity index (χ0v) is 16.7. The van der Waals surface area contributed by atoms with Crippen molar-refractivity contribution in [3.63, 3.8) is 0 Å². The van der Waals surface area contributed by atoms with Crippen molar-refractivity contribution in [2.45, 2.75) is 25.6 Å². The first-order valence-corrected chi connectivity index (χ1v) is 9.99. The van der Waals surface area contributed by atoms with E-state index in [0.717, 1.165) is 19.5 Å². The van der Waals surface area contributed by atoms with Gasteiger partial charge in [0.1, 0.15) is 5.75 Å². The molecule has 158 valence electrons. The van der Waals surface area contributed by atoms with Crippen molar-refractivity contribution in [3.05, 3.63) is 29.8 Å². The number of benzene rings is 1. The first-order valence-electron chi connectivity index (χ1n) is 9.99.